The number of fused-ring (bicyclic) bond motifs is 5. The van der Waals surface area contributed by atoms with Gasteiger partial charge in [0.1, 0.15) is 89.5 Å². The van der Waals surface area contributed by atoms with Gasteiger partial charge in [0.15, 0.2) is 23.1 Å². The van der Waals surface area contributed by atoms with E-state index in [1.54, 1.807) is 56.0 Å². The molecule has 5 aliphatic carbocycles. The van der Waals surface area contributed by atoms with Gasteiger partial charge in [-0.05, 0) is 203 Å². The number of hydrogen-bond acceptors (Lipinski definition) is 23. The van der Waals surface area contributed by atoms with Crippen molar-refractivity contribution in [3.8, 4) is 23.0 Å². The van der Waals surface area contributed by atoms with E-state index in [9.17, 15) is 62.3 Å². The van der Waals surface area contributed by atoms with Crippen molar-refractivity contribution in [3.05, 3.63) is 259 Å². The highest BCUT2D eigenvalue weighted by molar-refractivity contribution is 6.11. The number of amides is 5. The average Bonchev–Trinajstić information content (AvgIpc) is 1.63. The molecule has 5 amide bonds. The topological polar surface area (TPSA) is 322 Å². The van der Waals surface area contributed by atoms with E-state index < -0.39 is 29.8 Å². The van der Waals surface area contributed by atoms with Crippen molar-refractivity contribution in [2.45, 2.75) is 277 Å². The number of nitrogens with zero attached hydrogens (tertiary/aromatic N) is 7. The van der Waals surface area contributed by atoms with Crippen molar-refractivity contribution in [3.63, 3.8) is 0 Å². The highest BCUT2D eigenvalue weighted by Gasteiger charge is 2.46. The molecule has 3 saturated heterocycles. The Balaban J connectivity index is 0.000000132. The van der Waals surface area contributed by atoms with E-state index in [2.05, 4.69) is 109 Å². The lowest BCUT2D eigenvalue weighted by atomic mass is 9.85. The van der Waals surface area contributed by atoms with Crippen LogP contribution in [0.4, 0.5) is 4.79 Å². The van der Waals surface area contributed by atoms with Crippen molar-refractivity contribution in [1.82, 2.24) is 34.3 Å². The number of rotatable bonds is 24. The normalized spacial score (nSPS) is 21.6. The molecule has 4 unspecified atom stereocenters. The van der Waals surface area contributed by atoms with Crippen LogP contribution in [0.25, 0.3) is 11.0 Å². The number of ether oxygens (including phenoxy) is 7. The summed E-state index contributed by atoms with van der Waals surface area (Å²) >= 11 is 0. The van der Waals surface area contributed by atoms with Crippen molar-refractivity contribution in [2.24, 2.45) is 11.8 Å². The van der Waals surface area contributed by atoms with Crippen LogP contribution in [0, 0.1) is 11.8 Å². The van der Waals surface area contributed by atoms with Gasteiger partial charge in [0.25, 0.3) is 23.6 Å². The van der Waals surface area contributed by atoms with Crippen LogP contribution in [0.2, 0.25) is 0 Å². The summed E-state index contributed by atoms with van der Waals surface area (Å²) in [5.41, 5.74) is 14.2. The number of carbonyl (C=O) groups is 13. The highest BCUT2D eigenvalue weighted by atomic mass is 35.5. The van der Waals surface area contributed by atoms with Crippen LogP contribution < -0.4 is 18.9 Å². The zero-order valence-electron chi connectivity index (χ0n) is 83.5. The first kappa shape index (κ1) is 104. The second-order valence-electron chi connectivity index (χ2n) is 41.7. The third-order valence-corrected chi connectivity index (χ3v) is 29.8. The number of piperidine rings is 1. The van der Waals surface area contributed by atoms with Gasteiger partial charge in [0.2, 0.25) is 0 Å². The fourth-order valence-corrected chi connectivity index (χ4v) is 22.2. The van der Waals surface area contributed by atoms with E-state index >= 15 is 0 Å². The number of benzene rings is 8. The van der Waals surface area contributed by atoms with E-state index in [0.717, 1.165) is 147 Å². The Kier molecular flexibility index (Phi) is 33.3. The summed E-state index contributed by atoms with van der Waals surface area (Å²) < 4.78 is 47.3. The molecule has 29 heteroatoms. The number of Topliss-reactive ketones (excluding diaryl/α,β-unsaturated/α-hetero) is 8. The van der Waals surface area contributed by atoms with Gasteiger partial charge in [-0.1, -0.05) is 135 Å². The Morgan fingerprint density at radius 3 is 1.09 bits per heavy atom. The summed E-state index contributed by atoms with van der Waals surface area (Å²) in [6.07, 6.45) is 13.8. The van der Waals surface area contributed by atoms with Gasteiger partial charge < -0.3 is 62.1 Å². The van der Waals surface area contributed by atoms with Crippen molar-refractivity contribution in [1.29, 1.82) is 0 Å². The molecule has 0 radical (unpaired) electrons. The Morgan fingerprint density at radius 1 is 0.372 bits per heavy atom. The molecule has 7 aliphatic heterocycles. The van der Waals surface area contributed by atoms with E-state index in [1.807, 2.05) is 74.2 Å². The smallest absolute Gasteiger partial charge is 0.410 e. The lowest BCUT2D eigenvalue weighted by molar-refractivity contribution is -0.134. The van der Waals surface area contributed by atoms with Crippen LogP contribution in [-0.2, 0) is 131 Å². The number of furan rings is 1. The molecule has 0 N–H and O–H groups in total. The second kappa shape index (κ2) is 46.7. The Labute approximate surface area is 852 Å². The summed E-state index contributed by atoms with van der Waals surface area (Å²) in [5, 5.41) is 1.03. The molecule has 8 fully saturated rings. The van der Waals surface area contributed by atoms with Gasteiger partial charge in [0, 0.05) is 128 Å². The summed E-state index contributed by atoms with van der Waals surface area (Å²) in [6.45, 7) is 21.2. The molecule has 12 aliphatic rings. The third kappa shape index (κ3) is 25.5. The maximum Gasteiger partial charge on any atom is 0.410 e. The highest BCUT2D eigenvalue weighted by Crippen LogP contribution is 2.42. The molecule has 5 saturated carbocycles. The maximum absolute atomic E-state index is 13.1. The summed E-state index contributed by atoms with van der Waals surface area (Å²) in [5.74, 6) is 3.17. The number of hydrogen-bond donors (Lipinski definition) is 0. The van der Waals surface area contributed by atoms with Gasteiger partial charge in [-0.25, -0.2) is 4.79 Å². The van der Waals surface area contributed by atoms with E-state index in [-0.39, 0.29) is 133 Å². The maximum atomic E-state index is 13.1. The summed E-state index contributed by atoms with van der Waals surface area (Å²) in [6, 6.07) is 53.5. The predicted molar refractivity (Wildman–Crippen MR) is 542 cm³/mol. The largest absolute Gasteiger partial charge is 0.489 e. The third-order valence-electron chi connectivity index (χ3n) is 29.8. The molecule has 0 bridgehead atoms. The molecule has 8 heterocycles. The number of carbonyl (C=O) groups excluding carboxylic acids is 13. The lowest BCUT2D eigenvalue weighted by Gasteiger charge is -2.35. The molecular formula is C116H130ClN7O21. The van der Waals surface area contributed by atoms with Gasteiger partial charge in [0.05, 0.1) is 101 Å². The molecule has 28 nitrogen and oxygen atoms in total. The monoisotopic (exact) mass is 1990 g/mol. The number of ketones is 8. The number of likely N-dealkylation sites (tertiary alicyclic amines) is 1. The molecule has 9 aromatic rings. The van der Waals surface area contributed by atoms with E-state index in [4.69, 9.17) is 37.6 Å². The van der Waals surface area contributed by atoms with Crippen LogP contribution in [0.5, 0.6) is 23.0 Å². The van der Waals surface area contributed by atoms with Crippen LogP contribution in [-0.4, -0.2) is 205 Å². The van der Waals surface area contributed by atoms with E-state index in [1.165, 1.54) is 54.4 Å². The minimum atomic E-state index is -0.544. The lowest BCUT2D eigenvalue weighted by Crippen LogP contribution is -2.44. The first-order valence-electron chi connectivity index (χ1n) is 51.4. The van der Waals surface area contributed by atoms with Crippen LogP contribution in [0.15, 0.2) is 174 Å². The van der Waals surface area contributed by atoms with Crippen LogP contribution in [0.1, 0.15) is 265 Å². The second-order valence-corrected chi connectivity index (χ2v) is 41.7. The first-order valence-corrected chi connectivity index (χ1v) is 51.4. The fraction of sp³-hybridized carbons (Fsp3) is 0.457. The van der Waals surface area contributed by atoms with Crippen molar-refractivity contribution in [2.75, 3.05) is 52.5 Å². The Bertz CT molecular complexity index is 6320. The quantitative estimate of drug-likeness (QED) is 0.0507. The average molecular weight is 1990 g/mol. The minimum Gasteiger partial charge on any atom is -0.489 e. The molecule has 1 aromatic heterocycles. The summed E-state index contributed by atoms with van der Waals surface area (Å²) in [7, 11) is 0. The molecular weight excluding hydrogens is 1860 g/mol. The molecule has 0 spiro atoms. The molecule has 21 rings (SSSR count). The number of morpholine rings is 2. The molecule has 8 aromatic carbocycles. The predicted octanol–water partition coefficient (Wildman–Crippen LogP) is 17.6. The zero-order chi connectivity index (χ0) is 100. The van der Waals surface area contributed by atoms with Gasteiger partial charge in [-0.2, -0.15) is 0 Å². The van der Waals surface area contributed by atoms with Crippen LogP contribution in [0.3, 0.4) is 0 Å². The fourth-order valence-electron chi connectivity index (χ4n) is 22.2. The van der Waals surface area contributed by atoms with Gasteiger partial charge in [-0.15, -0.1) is 12.4 Å². The zero-order valence-corrected chi connectivity index (χ0v) is 84.3. The Morgan fingerprint density at radius 2 is 0.717 bits per heavy atom. The van der Waals surface area contributed by atoms with Crippen molar-refractivity contribution < 1.29 is 99.9 Å². The number of halogens is 1. The van der Waals surface area contributed by atoms with E-state index in [0.29, 0.717) is 154 Å². The summed E-state index contributed by atoms with van der Waals surface area (Å²) in [4.78, 5) is 174. The molecule has 6 atom stereocenters. The van der Waals surface area contributed by atoms with Crippen molar-refractivity contribution >= 4 is 99.4 Å². The molecule has 145 heavy (non-hydrogen) atoms. The first-order chi connectivity index (χ1) is 69.6. The minimum absolute atomic E-state index is 0. The molecule has 762 valence electrons. The van der Waals surface area contributed by atoms with Gasteiger partial charge in [-0.3, -0.25) is 67.3 Å². The standard InChI is InChI=1S/C32H38N2O6.C28H28N2O6.C28H32N2O5.C28H31NO4.ClH/c1-32(2,3)40-31(38)33-15-13-22(14-16-33)17-21-7-9-23(10-8-21)20-39-29-6-4-5-25-26(29)19-34(30(25)37)27-12-11-24(35)18-28(27)36;31-20-5-6-24(25(32)14-20)30-16-23-22(28(30)33)2-1-3-27(23)35-17-21-13-19-12-18(4-7-26(19)36-21)15-29-8-10-34-11-9-29;1-18-13-29(14-19(2)35-18)15-20-6-8-21(9-7-20)17-34-27-5-3-4-23-24(27)16-30(28(23)33)25-11-10-22(31)12-26(25)32;30-22-13-14-25(26(31)16-22)29-17-24-23(28(29)32)7-4-8-27(24)33-18-21-11-9-20(10-12-21)15-19-5-2-1-3-6-19;/h4-10,22,27H,11-20H2,1-3H3;1-4,7,12-13,24H,5-6,8-11,14-17H2;3-9,18-19,25H,10-17H2,1-2H3;4,7-12,19,25H,1-3,5-6,13-18H2;1H/t;;18-,19+,25?;;. The van der Waals surface area contributed by atoms with Crippen LogP contribution >= 0.6 is 12.4 Å². The SMILES string of the molecule is CC(C)(C)OC(=O)N1CCC(Cc2ccc(COc3cccc4c3CN(C3CCC(=O)CC3=O)C4=O)cc2)CC1.C[C@@H]1CN(Cc2ccc(COc3cccc4c3CN(C3CCC(=O)CC3=O)C4=O)cc2)C[C@H](C)O1.Cl.O=C1CCC(N2Cc3c(OCc4cc5cc(CN6CCOCC6)ccc5o4)cccc3C2=O)C(=O)C1.O=C1CCC(N2Cc3c(OCc4ccc(CC5CCCCC5)cc4)cccc3C2=O)C(=O)C1. The Hall–Kier alpha value is -12.9. The van der Waals surface area contributed by atoms with Gasteiger partial charge >= 0.3 is 6.09 Å².